The Hall–Kier alpha value is -2.79. The van der Waals surface area contributed by atoms with Crippen LogP contribution >= 0.6 is 0 Å². The third-order valence-corrected chi connectivity index (χ3v) is 7.46. The number of carbonyl (C=O) groups is 1. The van der Waals surface area contributed by atoms with Crippen LogP contribution in [-0.2, 0) is 4.79 Å². The second-order valence-electron chi connectivity index (χ2n) is 9.49. The van der Waals surface area contributed by atoms with E-state index in [9.17, 15) is 28.3 Å². The van der Waals surface area contributed by atoms with E-state index in [4.69, 9.17) is 4.74 Å². The molecule has 2 fully saturated rings. The molecule has 4 rings (SSSR count). The van der Waals surface area contributed by atoms with Crippen molar-refractivity contribution in [2.75, 3.05) is 13.1 Å². The summed E-state index contributed by atoms with van der Waals surface area (Å²) in [7, 11) is 0. The number of ether oxygens (including phenoxy) is 1. The second-order valence-corrected chi connectivity index (χ2v) is 9.49. The van der Waals surface area contributed by atoms with Crippen LogP contribution in [0.25, 0.3) is 10.8 Å². The van der Waals surface area contributed by atoms with Crippen LogP contribution in [0.3, 0.4) is 0 Å². The monoisotopic (exact) mass is 474 g/mol. The van der Waals surface area contributed by atoms with E-state index in [1.54, 1.807) is 6.07 Å². The zero-order valence-electron chi connectivity index (χ0n) is 19.1. The van der Waals surface area contributed by atoms with Gasteiger partial charge in [0.25, 0.3) is 0 Å². The van der Waals surface area contributed by atoms with Gasteiger partial charge in [-0.2, -0.15) is 18.4 Å². The van der Waals surface area contributed by atoms with Gasteiger partial charge in [-0.1, -0.05) is 18.2 Å². The number of likely N-dealkylation sites (tertiary alicyclic amines) is 1. The van der Waals surface area contributed by atoms with Gasteiger partial charge in [-0.05, 0) is 81.6 Å². The molecule has 1 saturated carbocycles. The van der Waals surface area contributed by atoms with Gasteiger partial charge in [-0.3, -0.25) is 9.69 Å². The number of fused-ring (bicyclic) bond motifs is 1. The van der Waals surface area contributed by atoms with Crippen molar-refractivity contribution in [2.24, 2.45) is 11.8 Å². The van der Waals surface area contributed by atoms with Gasteiger partial charge in [0.05, 0.1) is 17.9 Å². The molecular formula is C26H29F3N2O3. The SMILES string of the molecule is CC(c1ccc2ccc(OC3CCC(C(F)(F)F)CC3)c(C#N)c2c1)N1CCC(C(=O)O)CC1. The third kappa shape index (κ3) is 5.15. The highest BCUT2D eigenvalue weighted by atomic mass is 19.4. The second kappa shape index (κ2) is 9.83. The molecule has 0 spiro atoms. The number of carboxylic acids is 1. The van der Waals surface area contributed by atoms with Crippen molar-refractivity contribution in [1.29, 1.82) is 5.26 Å². The Bertz CT molecular complexity index is 1080. The molecule has 0 bridgehead atoms. The highest BCUT2D eigenvalue weighted by molar-refractivity contribution is 5.90. The van der Waals surface area contributed by atoms with Crippen LogP contribution < -0.4 is 4.74 Å². The van der Waals surface area contributed by atoms with Crippen LogP contribution in [0.4, 0.5) is 13.2 Å². The van der Waals surface area contributed by atoms with E-state index in [1.165, 1.54) is 0 Å². The molecule has 8 heteroatoms. The summed E-state index contributed by atoms with van der Waals surface area (Å²) in [5.74, 6) is -1.89. The fourth-order valence-corrected chi connectivity index (χ4v) is 5.22. The number of benzene rings is 2. The molecular weight excluding hydrogens is 445 g/mol. The Morgan fingerprint density at radius 3 is 2.35 bits per heavy atom. The molecule has 2 aromatic rings. The number of aliphatic carboxylic acids is 1. The van der Waals surface area contributed by atoms with Crippen molar-refractivity contribution >= 4 is 16.7 Å². The lowest BCUT2D eigenvalue weighted by Crippen LogP contribution is -2.37. The molecule has 1 heterocycles. The zero-order valence-corrected chi connectivity index (χ0v) is 19.1. The van der Waals surface area contributed by atoms with Crippen molar-refractivity contribution in [3.8, 4) is 11.8 Å². The lowest BCUT2D eigenvalue weighted by Gasteiger charge is -2.35. The van der Waals surface area contributed by atoms with Crippen LogP contribution in [0, 0.1) is 23.2 Å². The molecule has 0 radical (unpaired) electrons. The summed E-state index contributed by atoms with van der Waals surface area (Å²) in [6.45, 7) is 3.48. The minimum Gasteiger partial charge on any atom is -0.489 e. The molecule has 1 atom stereocenters. The molecule has 1 unspecified atom stereocenters. The number of alkyl halides is 3. The van der Waals surface area contributed by atoms with E-state index in [-0.39, 0.29) is 30.9 Å². The molecule has 34 heavy (non-hydrogen) atoms. The molecule has 1 N–H and O–H groups in total. The zero-order chi connectivity index (χ0) is 24.5. The van der Waals surface area contributed by atoms with Crippen LogP contribution in [0.1, 0.15) is 62.6 Å². The molecule has 0 aromatic heterocycles. The van der Waals surface area contributed by atoms with Gasteiger partial charge in [0.1, 0.15) is 17.4 Å². The number of hydrogen-bond acceptors (Lipinski definition) is 4. The predicted molar refractivity (Wildman–Crippen MR) is 121 cm³/mol. The largest absolute Gasteiger partial charge is 0.489 e. The van der Waals surface area contributed by atoms with E-state index in [2.05, 4.69) is 17.9 Å². The molecule has 2 aliphatic rings. The van der Waals surface area contributed by atoms with Crippen LogP contribution in [-0.4, -0.2) is 41.3 Å². The summed E-state index contributed by atoms with van der Waals surface area (Å²) in [5.41, 5.74) is 1.43. The minimum atomic E-state index is -4.16. The third-order valence-electron chi connectivity index (χ3n) is 7.46. The predicted octanol–water partition coefficient (Wildman–Crippen LogP) is 6.07. The quantitative estimate of drug-likeness (QED) is 0.570. The van der Waals surface area contributed by atoms with E-state index < -0.39 is 18.1 Å². The number of carboxylic acid groups (broad SMARTS) is 1. The number of halogens is 3. The topological polar surface area (TPSA) is 73.6 Å². The van der Waals surface area contributed by atoms with Crippen molar-refractivity contribution in [1.82, 2.24) is 4.90 Å². The van der Waals surface area contributed by atoms with E-state index >= 15 is 0 Å². The average molecular weight is 475 g/mol. The van der Waals surface area contributed by atoms with Crippen molar-refractivity contribution in [3.63, 3.8) is 0 Å². The summed E-state index contributed by atoms with van der Waals surface area (Å²) in [6.07, 6.45) is -2.54. The Morgan fingerprint density at radius 2 is 1.76 bits per heavy atom. The van der Waals surface area contributed by atoms with E-state index in [0.29, 0.717) is 50.1 Å². The maximum Gasteiger partial charge on any atom is 0.391 e. The normalized spacial score (nSPS) is 23.4. The van der Waals surface area contributed by atoms with E-state index in [1.807, 2.05) is 24.3 Å². The molecule has 0 amide bonds. The molecule has 1 aliphatic carbocycles. The smallest absolute Gasteiger partial charge is 0.391 e. The molecule has 182 valence electrons. The van der Waals surface area contributed by atoms with Crippen LogP contribution in [0.15, 0.2) is 30.3 Å². The highest BCUT2D eigenvalue weighted by Gasteiger charge is 2.41. The summed E-state index contributed by atoms with van der Waals surface area (Å²) >= 11 is 0. The maximum absolute atomic E-state index is 13.0. The number of piperidine rings is 1. The van der Waals surface area contributed by atoms with Gasteiger partial charge >= 0.3 is 12.1 Å². The average Bonchev–Trinajstić information content (AvgIpc) is 2.83. The first kappa shape index (κ1) is 24.3. The lowest BCUT2D eigenvalue weighted by atomic mass is 9.87. The van der Waals surface area contributed by atoms with Gasteiger partial charge in [0.2, 0.25) is 0 Å². The fraction of sp³-hybridized carbons (Fsp3) is 0.538. The summed E-state index contributed by atoms with van der Waals surface area (Å²) in [6, 6.07) is 11.9. The van der Waals surface area contributed by atoms with Gasteiger partial charge in [-0.25, -0.2) is 0 Å². The molecule has 1 saturated heterocycles. The number of nitriles is 1. The Balaban J connectivity index is 1.51. The van der Waals surface area contributed by atoms with Gasteiger partial charge in [0, 0.05) is 11.4 Å². The standard InChI is InChI=1S/C26H29F3N2O3/c1-16(31-12-10-18(11-13-31)25(32)33)19-3-2-17-4-9-24(23(15-30)22(17)14-19)34-21-7-5-20(6-8-21)26(27,28)29/h2-4,9,14,16,18,20-21H,5-8,10-13H2,1H3,(H,32,33). The van der Waals surface area contributed by atoms with Gasteiger partial charge < -0.3 is 9.84 Å². The minimum absolute atomic E-state index is 0.0455. The maximum atomic E-state index is 13.0. The first-order valence-corrected chi connectivity index (χ1v) is 11.8. The highest BCUT2D eigenvalue weighted by Crippen LogP contribution is 2.39. The Kier molecular flexibility index (Phi) is 7.04. The van der Waals surface area contributed by atoms with E-state index in [0.717, 1.165) is 16.3 Å². The Labute approximate surface area is 197 Å². The van der Waals surface area contributed by atoms with Gasteiger partial charge in [0.15, 0.2) is 0 Å². The summed E-state index contributed by atoms with van der Waals surface area (Å²) < 4.78 is 44.9. The number of nitrogens with zero attached hydrogens (tertiary/aromatic N) is 2. The molecule has 5 nitrogen and oxygen atoms in total. The van der Waals surface area contributed by atoms with Crippen molar-refractivity contribution in [2.45, 2.75) is 63.8 Å². The van der Waals surface area contributed by atoms with Crippen molar-refractivity contribution < 1.29 is 27.8 Å². The van der Waals surface area contributed by atoms with Crippen LogP contribution in [0.5, 0.6) is 5.75 Å². The van der Waals surface area contributed by atoms with Crippen molar-refractivity contribution in [3.05, 3.63) is 41.5 Å². The summed E-state index contributed by atoms with van der Waals surface area (Å²) in [5, 5.41) is 20.8. The fourth-order valence-electron chi connectivity index (χ4n) is 5.22. The lowest BCUT2D eigenvalue weighted by molar-refractivity contribution is -0.185. The molecule has 2 aromatic carbocycles. The Morgan fingerprint density at radius 1 is 1.12 bits per heavy atom. The van der Waals surface area contributed by atoms with Gasteiger partial charge in [-0.15, -0.1) is 0 Å². The summed E-state index contributed by atoms with van der Waals surface area (Å²) in [4.78, 5) is 13.5. The first-order chi connectivity index (χ1) is 16.2. The number of hydrogen-bond donors (Lipinski definition) is 1. The molecule has 1 aliphatic heterocycles. The first-order valence-electron chi connectivity index (χ1n) is 11.8. The number of rotatable bonds is 5. The van der Waals surface area contributed by atoms with Crippen LogP contribution in [0.2, 0.25) is 0 Å².